The van der Waals surface area contributed by atoms with E-state index in [9.17, 15) is 0 Å². The number of aromatic nitrogens is 1. The minimum atomic E-state index is -0.247. The van der Waals surface area contributed by atoms with Gasteiger partial charge in [0, 0.05) is 12.3 Å². The van der Waals surface area contributed by atoms with Crippen LogP contribution in [0.4, 0.5) is 5.69 Å². The number of anilines is 1. The summed E-state index contributed by atoms with van der Waals surface area (Å²) in [5.41, 5.74) is 2.98. The number of benzene rings is 1. The molecule has 0 saturated heterocycles. The van der Waals surface area contributed by atoms with Crippen LogP contribution >= 0.6 is 0 Å². The normalized spacial score (nSPS) is 8.90. The van der Waals surface area contributed by atoms with Crippen LogP contribution in [0.15, 0.2) is 53.9 Å². The largest absolute Gasteiger partial charge is 0.456 e. The molecule has 0 radical (unpaired) electrons. The van der Waals surface area contributed by atoms with Gasteiger partial charge < -0.3 is 4.74 Å². The maximum absolute atomic E-state index is 8.58. The zero-order valence-electron chi connectivity index (χ0n) is 10.3. The van der Waals surface area contributed by atoms with E-state index in [0.29, 0.717) is 17.2 Å². The number of nitriles is 2. The van der Waals surface area contributed by atoms with E-state index in [4.69, 9.17) is 15.3 Å². The first-order valence-electron chi connectivity index (χ1n) is 5.63. The van der Waals surface area contributed by atoms with Crippen molar-refractivity contribution in [2.24, 2.45) is 5.10 Å². The average Bonchev–Trinajstić information content (AvgIpc) is 2.50. The molecule has 0 saturated carbocycles. The van der Waals surface area contributed by atoms with Gasteiger partial charge in [0.2, 0.25) is 5.71 Å². The Balaban J connectivity index is 2.11. The van der Waals surface area contributed by atoms with Gasteiger partial charge in [-0.25, -0.2) is 0 Å². The van der Waals surface area contributed by atoms with E-state index in [-0.39, 0.29) is 5.71 Å². The van der Waals surface area contributed by atoms with Crippen molar-refractivity contribution in [3.8, 4) is 23.6 Å². The predicted octanol–water partition coefficient (Wildman–Crippen LogP) is 2.69. The molecule has 0 unspecified atom stereocenters. The minimum absolute atomic E-state index is 0.247. The molecule has 2 aromatic rings. The van der Waals surface area contributed by atoms with Crippen LogP contribution in [0.3, 0.4) is 0 Å². The fraction of sp³-hybridized carbons (Fsp3) is 0. The van der Waals surface area contributed by atoms with Gasteiger partial charge in [-0.3, -0.25) is 10.4 Å². The second kappa shape index (κ2) is 6.53. The highest BCUT2D eigenvalue weighted by atomic mass is 16.5. The van der Waals surface area contributed by atoms with E-state index in [2.05, 4.69) is 15.5 Å². The number of rotatable bonds is 4. The van der Waals surface area contributed by atoms with Crippen molar-refractivity contribution in [1.82, 2.24) is 4.98 Å². The summed E-state index contributed by atoms with van der Waals surface area (Å²) in [6, 6.07) is 13.9. The zero-order valence-corrected chi connectivity index (χ0v) is 10.3. The van der Waals surface area contributed by atoms with Crippen molar-refractivity contribution in [2.45, 2.75) is 0 Å². The molecule has 0 bridgehead atoms. The summed E-state index contributed by atoms with van der Waals surface area (Å²) < 4.78 is 5.60. The second-order valence-electron chi connectivity index (χ2n) is 3.61. The van der Waals surface area contributed by atoms with E-state index in [1.807, 2.05) is 0 Å². The van der Waals surface area contributed by atoms with Crippen LogP contribution < -0.4 is 10.2 Å². The first kappa shape index (κ1) is 13.1. The van der Waals surface area contributed by atoms with Crippen LogP contribution in [0, 0.1) is 22.7 Å². The lowest BCUT2D eigenvalue weighted by Crippen LogP contribution is -1.96. The summed E-state index contributed by atoms with van der Waals surface area (Å²) >= 11 is 0. The van der Waals surface area contributed by atoms with Crippen LogP contribution in [0.25, 0.3) is 0 Å². The number of nitrogens with zero attached hydrogens (tertiary/aromatic N) is 4. The van der Waals surface area contributed by atoms with Crippen LogP contribution in [-0.4, -0.2) is 10.7 Å². The molecule has 1 N–H and O–H groups in total. The van der Waals surface area contributed by atoms with Gasteiger partial charge >= 0.3 is 0 Å². The third-order valence-electron chi connectivity index (χ3n) is 2.21. The SMILES string of the molecule is N#CC(C#N)=NNc1cccc(Oc2cccnc2)c1. The number of hydrogen-bond donors (Lipinski definition) is 1. The van der Waals surface area contributed by atoms with E-state index in [0.717, 1.165) is 0 Å². The van der Waals surface area contributed by atoms with E-state index >= 15 is 0 Å². The summed E-state index contributed by atoms with van der Waals surface area (Å²) in [4.78, 5) is 3.95. The summed E-state index contributed by atoms with van der Waals surface area (Å²) in [5.74, 6) is 1.21. The topological polar surface area (TPSA) is 94.1 Å². The molecule has 0 spiro atoms. The monoisotopic (exact) mass is 263 g/mol. The Labute approximate surface area is 115 Å². The molecule has 0 aliphatic carbocycles. The van der Waals surface area contributed by atoms with E-state index in [1.54, 1.807) is 60.9 Å². The van der Waals surface area contributed by atoms with Gasteiger partial charge in [-0.15, -0.1) is 0 Å². The Morgan fingerprint density at radius 2 is 1.95 bits per heavy atom. The molecule has 0 fully saturated rings. The van der Waals surface area contributed by atoms with Crippen LogP contribution in [0.1, 0.15) is 0 Å². The highest BCUT2D eigenvalue weighted by molar-refractivity contribution is 6.10. The molecule has 1 aromatic carbocycles. The Morgan fingerprint density at radius 3 is 2.65 bits per heavy atom. The number of hydrazone groups is 1. The number of pyridine rings is 1. The van der Waals surface area contributed by atoms with Crippen molar-refractivity contribution in [2.75, 3.05) is 5.43 Å². The molecule has 0 amide bonds. The van der Waals surface area contributed by atoms with E-state index < -0.39 is 0 Å². The van der Waals surface area contributed by atoms with Gasteiger partial charge in [-0.2, -0.15) is 15.6 Å². The minimum Gasteiger partial charge on any atom is -0.456 e. The highest BCUT2D eigenvalue weighted by Crippen LogP contribution is 2.23. The molecule has 6 nitrogen and oxygen atoms in total. The summed E-state index contributed by atoms with van der Waals surface area (Å²) in [7, 11) is 0. The Morgan fingerprint density at radius 1 is 1.15 bits per heavy atom. The van der Waals surface area contributed by atoms with Gasteiger partial charge in [0.05, 0.1) is 11.9 Å². The van der Waals surface area contributed by atoms with Crippen LogP contribution in [0.5, 0.6) is 11.5 Å². The Bertz CT molecular complexity index is 681. The number of hydrogen-bond acceptors (Lipinski definition) is 6. The summed E-state index contributed by atoms with van der Waals surface area (Å²) in [6.45, 7) is 0. The van der Waals surface area contributed by atoms with Gasteiger partial charge in [0.1, 0.15) is 23.6 Å². The molecule has 96 valence electrons. The molecular weight excluding hydrogens is 254 g/mol. The third-order valence-corrected chi connectivity index (χ3v) is 2.21. The lowest BCUT2D eigenvalue weighted by Gasteiger charge is -2.06. The second-order valence-corrected chi connectivity index (χ2v) is 3.61. The maximum Gasteiger partial charge on any atom is 0.237 e. The van der Waals surface area contributed by atoms with Gasteiger partial charge in [-0.05, 0) is 24.3 Å². The third kappa shape index (κ3) is 3.56. The molecule has 1 aromatic heterocycles. The summed E-state index contributed by atoms with van der Waals surface area (Å²) in [6.07, 6.45) is 3.26. The maximum atomic E-state index is 8.58. The van der Waals surface area contributed by atoms with Crippen molar-refractivity contribution < 1.29 is 4.74 Å². The molecule has 2 rings (SSSR count). The molecule has 1 heterocycles. The summed E-state index contributed by atoms with van der Waals surface area (Å²) in [5, 5.41) is 20.8. The number of ether oxygens (including phenoxy) is 1. The first-order valence-corrected chi connectivity index (χ1v) is 5.63. The van der Waals surface area contributed by atoms with Gasteiger partial charge in [-0.1, -0.05) is 6.07 Å². The Kier molecular flexibility index (Phi) is 4.26. The van der Waals surface area contributed by atoms with Crippen molar-refractivity contribution in [1.29, 1.82) is 10.5 Å². The lowest BCUT2D eigenvalue weighted by atomic mass is 10.3. The van der Waals surface area contributed by atoms with E-state index in [1.165, 1.54) is 0 Å². The molecule has 20 heavy (non-hydrogen) atoms. The fourth-order valence-electron chi connectivity index (χ4n) is 1.37. The fourth-order valence-corrected chi connectivity index (χ4v) is 1.37. The standard InChI is InChI=1S/C14H9N5O/c15-8-12(9-16)19-18-11-3-1-4-13(7-11)20-14-5-2-6-17-10-14/h1-7,10,18H. The first-order chi connectivity index (χ1) is 9.81. The Hall–Kier alpha value is -3.38. The van der Waals surface area contributed by atoms with Crippen LogP contribution in [0.2, 0.25) is 0 Å². The van der Waals surface area contributed by atoms with Crippen molar-refractivity contribution >= 4 is 11.4 Å². The van der Waals surface area contributed by atoms with Gasteiger partial charge in [0.25, 0.3) is 0 Å². The average molecular weight is 263 g/mol. The number of nitrogens with one attached hydrogen (secondary N) is 1. The smallest absolute Gasteiger partial charge is 0.237 e. The molecular formula is C14H9N5O. The lowest BCUT2D eigenvalue weighted by molar-refractivity contribution is 0.480. The van der Waals surface area contributed by atoms with Crippen LogP contribution in [-0.2, 0) is 0 Å². The molecule has 0 aliphatic rings. The highest BCUT2D eigenvalue weighted by Gasteiger charge is 1.99. The van der Waals surface area contributed by atoms with Crippen molar-refractivity contribution in [3.63, 3.8) is 0 Å². The molecule has 0 aliphatic heterocycles. The molecule has 0 atom stereocenters. The quantitative estimate of drug-likeness (QED) is 0.676. The molecule has 6 heteroatoms. The predicted molar refractivity (Wildman–Crippen MR) is 73.0 cm³/mol. The van der Waals surface area contributed by atoms with Gasteiger partial charge in [0.15, 0.2) is 0 Å². The zero-order chi connectivity index (χ0) is 14.2. The van der Waals surface area contributed by atoms with Crippen molar-refractivity contribution in [3.05, 3.63) is 48.8 Å².